The smallest absolute Gasteiger partial charge is 0.412 e. The standard InChI is InChI=1S/C14H20N2O4/c1-14(2,3)20-13(19)15-9-5-4-8-16(12(9)18)10-6-7-11(10)17/h4-5,8,10-11,17H,6-7H2,1-3H3,(H,15,19)/t10?,11-/m1/s1. The predicted octanol–water partition coefficient (Wildman–Crippen LogP) is 1.89. The summed E-state index contributed by atoms with van der Waals surface area (Å²) < 4.78 is 6.57. The number of aliphatic hydroxyl groups is 1. The largest absolute Gasteiger partial charge is 0.444 e. The summed E-state index contributed by atoms with van der Waals surface area (Å²) in [5.74, 6) is 0. The Balaban J connectivity index is 2.15. The van der Waals surface area contributed by atoms with Crippen molar-refractivity contribution in [3.8, 4) is 0 Å². The molecule has 1 aromatic rings. The number of pyridine rings is 1. The maximum Gasteiger partial charge on any atom is 0.412 e. The number of nitrogens with zero attached hydrogens (tertiary/aromatic N) is 1. The lowest BCUT2D eigenvalue weighted by Crippen LogP contribution is -2.40. The number of rotatable bonds is 2. The van der Waals surface area contributed by atoms with Crippen LogP contribution in [0, 0.1) is 0 Å². The van der Waals surface area contributed by atoms with Gasteiger partial charge in [-0.2, -0.15) is 0 Å². The molecule has 110 valence electrons. The van der Waals surface area contributed by atoms with E-state index in [1.54, 1.807) is 33.0 Å². The zero-order chi connectivity index (χ0) is 14.9. The molecule has 1 aliphatic carbocycles. The first-order valence-corrected chi connectivity index (χ1v) is 6.67. The summed E-state index contributed by atoms with van der Waals surface area (Å²) in [4.78, 5) is 23.9. The van der Waals surface area contributed by atoms with E-state index >= 15 is 0 Å². The average Bonchev–Trinajstić information content (AvgIpc) is 2.30. The monoisotopic (exact) mass is 280 g/mol. The van der Waals surface area contributed by atoms with Crippen molar-refractivity contribution in [2.45, 2.75) is 51.4 Å². The number of amides is 1. The van der Waals surface area contributed by atoms with E-state index in [-0.39, 0.29) is 17.3 Å². The number of hydrogen-bond donors (Lipinski definition) is 2. The Morgan fingerprint density at radius 2 is 2.15 bits per heavy atom. The molecule has 0 spiro atoms. The molecule has 6 nitrogen and oxygen atoms in total. The molecule has 0 aliphatic heterocycles. The van der Waals surface area contributed by atoms with Gasteiger partial charge in [-0.05, 0) is 45.7 Å². The second-order valence-electron chi connectivity index (χ2n) is 5.97. The van der Waals surface area contributed by atoms with E-state index in [4.69, 9.17) is 4.74 Å². The second kappa shape index (κ2) is 5.28. The number of carbonyl (C=O) groups excluding carboxylic acids is 1. The van der Waals surface area contributed by atoms with Crippen LogP contribution in [0.15, 0.2) is 23.1 Å². The Hall–Kier alpha value is -1.82. The van der Waals surface area contributed by atoms with Crippen LogP contribution in [0.4, 0.5) is 10.5 Å². The quantitative estimate of drug-likeness (QED) is 0.867. The average molecular weight is 280 g/mol. The summed E-state index contributed by atoms with van der Waals surface area (Å²) in [5, 5.41) is 12.1. The van der Waals surface area contributed by atoms with E-state index in [9.17, 15) is 14.7 Å². The first-order chi connectivity index (χ1) is 9.28. The normalized spacial score (nSPS) is 22.0. The van der Waals surface area contributed by atoms with Crippen molar-refractivity contribution in [2.24, 2.45) is 0 Å². The van der Waals surface area contributed by atoms with E-state index in [1.807, 2.05) is 0 Å². The maximum absolute atomic E-state index is 12.2. The number of anilines is 1. The van der Waals surface area contributed by atoms with Gasteiger partial charge in [-0.25, -0.2) is 4.79 Å². The molecule has 0 saturated heterocycles. The molecule has 1 amide bonds. The molecular weight excluding hydrogens is 260 g/mol. The van der Waals surface area contributed by atoms with Crippen molar-refractivity contribution in [3.05, 3.63) is 28.7 Å². The fraction of sp³-hybridized carbons (Fsp3) is 0.571. The topological polar surface area (TPSA) is 80.6 Å². The van der Waals surface area contributed by atoms with Crippen molar-refractivity contribution < 1.29 is 14.6 Å². The highest BCUT2D eigenvalue weighted by molar-refractivity contribution is 5.84. The Morgan fingerprint density at radius 1 is 1.45 bits per heavy atom. The molecule has 1 heterocycles. The van der Waals surface area contributed by atoms with Crippen LogP contribution in [0.3, 0.4) is 0 Å². The van der Waals surface area contributed by atoms with Gasteiger partial charge in [-0.3, -0.25) is 10.1 Å². The van der Waals surface area contributed by atoms with Crippen molar-refractivity contribution >= 4 is 11.8 Å². The third-order valence-electron chi connectivity index (χ3n) is 3.17. The van der Waals surface area contributed by atoms with E-state index < -0.39 is 17.8 Å². The van der Waals surface area contributed by atoms with Gasteiger partial charge in [0, 0.05) is 6.20 Å². The number of aliphatic hydroxyl groups excluding tert-OH is 1. The van der Waals surface area contributed by atoms with Gasteiger partial charge >= 0.3 is 6.09 Å². The molecule has 1 aliphatic rings. The minimum atomic E-state index is -0.665. The molecule has 0 aromatic carbocycles. The van der Waals surface area contributed by atoms with E-state index in [2.05, 4.69) is 5.32 Å². The van der Waals surface area contributed by atoms with Gasteiger partial charge in [0.15, 0.2) is 0 Å². The minimum absolute atomic E-state index is 0.154. The van der Waals surface area contributed by atoms with Gasteiger partial charge in [0.1, 0.15) is 11.3 Å². The molecular formula is C14H20N2O4. The minimum Gasteiger partial charge on any atom is -0.444 e. The molecule has 1 fully saturated rings. The van der Waals surface area contributed by atoms with Gasteiger partial charge < -0.3 is 14.4 Å². The summed E-state index contributed by atoms with van der Waals surface area (Å²) in [6.45, 7) is 5.25. The van der Waals surface area contributed by atoms with Crippen molar-refractivity contribution in [1.29, 1.82) is 0 Å². The summed E-state index contributed by atoms with van der Waals surface area (Å²) in [5.41, 5.74) is -0.801. The molecule has 0 bridgehead atoms. The molecule has 2 N–H and O–H groups in total. The molecule has 0 radical (unpaired) electrons. The Kier molecular flexibility index (Phi) is 3.85. The summed E-state index contributed by atoms with van der Waals surface area (Å²) in [6, 6.07) is 2.98. The van der Waals surface area contributed by atoms with Crippen LogP contribution in [0.25, 0.3) is 0 Å². The summed E-state index contributed by atoms with van der Waals surface area (Å²) >= 11 is 0. The molecule has 2 atom stereocenters. The Labute approximate surface area is 117 Å². The van der Waals surface area contributed by atoms with E-state index in [1.165, 1.54) is 10.6 Å². The van der Waals surface area contributed by atoms with Crippen LogP contribution in [-0.4, -0.2) is 27.5 Å². The number of hydrogen-bond acceptors (Lipinski definition) is 4. The third kappa shape index (κ3) is 3.19. The van der Waals surface area contributed by atoms with Gasteiger partial charge in [0.25, 0.3) is 5.56 Å². The second-order valence-corrected chi connectivity index (χ2v) is 5.97. The van der Waals surface area contributed by atoms with Gasteiger partial charge in [-0.15, -0.1) is 0 Å². The fourth-order valence-electron chi connectivity index (χ4n) is 2.07. The van der Waals surface area contributed by atoms with Crippen molar-refractivity contribution in [2.75, 3.05) is 5.32 Å². The van der Waals surface area contributed by atoms with Crippen molar-refractivity contribution in [3.63, 3.8) is 0 Å². The maximum atomic E-state index is 12.2. The molecule has 1 aromatic heterocycles. The number of ether oxygens (including phenoxy) is 1. The highest BCUT2D eigenvalue weighted by Crippen LogP contribution is 2.31. The summed E-state index contributed by atoms with van der Waals surface area (Å²) in [7, 11) is 0. The van der Waals surface area contributed by atoms with Crippen molar-refractivity contribution in [1.82, 2.24) is 4.57 Å². The van der Waals surface area contributed by atoms with Crippen LogP contribution in [0.1, 0.15) is 39.7 Å². The zero-order valence-electron chi connectivity index (χ0n) is 11.9. The number of aromatic nitrogens is 1. The first kappa shape index (κ1) is 14.6. The molecule has 1 saturated carbocycles. The lowest BCUT2D eigenvalue weighted by atomic mass is 9.89. The van der Waals surface area contributed by atoms with Crippen LogP contribution >= 0.6 is 0 Å². The third-order valence-corrected chi connectivity index (χ3v) is 3.17. The van der Waals surface area contributed by atoms with Crippen LogP contribution in [-0.2, 0) is 4.74 Å². The SMILES string of the molecule is CC(C)(C)OC(=O)Nc1cccn(C2CC[C@H]2O)c1=O. The Morgan fingerprint density at radius 3 is 2.65 bits per heavy atom. The molecule has 2 rings (SSSR count). The molecule has 20 heavy (non-hydrogen) atoms. The fourth-order valence-corrected chi connectivity index (χ4v) is 2.07. The van der Waals surface area contributed by atoms with E-state index in [0.29, 0.717) is 6.42 Å². The zero-order valence-corrected chi connectivity index (χ0v) is 11.9. The van der Waals surface area contributed by atoms with E-state index in [0.717, 1.165) is 6.42 Å². The van der Waals surface area contributed by atoms with Gasteiger partial charge in [0.2, 0.25) is 0 Å². The number of carbonyl (C=O) groups is 1. The van der Waals surface area contributed by atoms with Gasteiger partial charge in [-0.1, -0.05) is 0 Å². The van der Waals surface area contributed by atoms with Crippen LogP contribution in [0.5, 0.6) is 0 Å². The van der Waals surface area contributed by atoms with Crippen LogP contribution < -0.4 is 10.9 Å². The lowest BCUT2D eigenvalue weighted by molar-refractivity contribution is 0.0300. The molecule has 6 heteroatoms. The summed E-state index contributed by atoms with van der Waals surface area (Å²) in [6.07, 6.45) is 1.92. The first-order valence-electron chi connectivity index (χ1n) is 6.67. The molecule has 1 unspecified atom stereocenters. The highest BCUT2D eigenvalue weighted by Gasteiger charge is 2.31. The highest BCUT2D eigenvalue weighted by atomic mass is 16.6. The Bertz CT molecular complexity index is 559. The predicted molar refractivity (Wildman–Crippen MR) is 74.8 cm³/mol. The number of nitrogens with one attached hydrogen (secondary N) is 1. The lowest BCUT2D eigenvalue weighted by Gasteiger charge is -2.34. The van der Waals surface area contributed by atoms with Crippen LogP contribution in [0.2, 0.25) is 0 Å². The van der Waals surface area contributed by atoms with Gasteiger partial charge in [0.05, 0.1) is 12.1 Å².